The molecule has 1 aromatic heterocycles. The predicted molar refractivity (Wildman–Crippen MR) is 111 cm³/mol. The van der Waals surface area contributed by atoms with Crippen molar-refractivity contribution in [3.05, 3.63) is 71.6 Å². The van der Waals surface area contributed by atoms with Gasteiger partial charge in [0.2, 0.25) is 17.6 Å². The molecule has 1 N–H and O–H groups in total. The van der Waals surface area contributed by atoms with Crippen molar-refractivity contribution in [1.29, 1.82) is 0 Å². The van der Waals surface area contributed by atoms with E-state index in [2.05, 4.69) is 22.4 Å². The molecule has 3 aromatic rings. The van der Waals surface area contributed by atoms with Crippen molar-refractivity contribution >= 4 is 5.91 Å². The molecule has 6 heteroatoms. The van der Waals surface area contributed by atoms with Gasteiger partial charge in [-0.05, 0) is 24.5 Å². The summed E-state index contributed by atoms with van der Waals surface area (Å²) in [5.41, 5.74) is 3.04. The van der Waals surface area contributed by atoms with Gasteiger partial charge in [0.25, 0.3) is 0 Å². The molecule has 152 valence electrons. The number of carbonyl (C=O) groups excluding carboxylic acids is 1. The Balaban J connectivity index is 1.64. The quantitative estimate of drug-likeness (QED) is 0.580. The maximum absolute atomic E-state index is 12.4. The van der Waals surface area contributed by atoms with Gasteiger partial charge in [0.15, 0.2) is 0 Å². The largest absolute Gasteiger partial charge is 0.367 e. The number of hydrogen-bond donors (Lipinski definition) is 1. The van der Waals surface area contributed by atoms with Gasteiger partial charge >= 0.3 is 0 Å². The van der Waals surface area contributed by atoms with Gasteiger partial charge in [0.1, 0.15) is 12.6 Å². The average Bonchev–Trinajstić information content (AvgIpc) is 3.22. The lowest BCUT2D eigenvalue weighted by Crippen LogP contribution is -2.35. The maximum Gasteiger partial charge on any atom is 0.249 e. The molecule has 2 aromatic carbocycles. The molecule has 0 bridgehead atoms. The number of hydrogen-bond acceptors (Lipinski definition) is 5. The van der Waals surface area contributed by atoms with Crippen LogP contribution >= 0.6 is 0 Å². The Morgan fingerprint density at radius 3 is 2.69 bits per heavy atom. The lowest BCUT2D eigenvalue weighted by Gasteiger charge is -2.20. The van der Waals surface area contributed by atoms with Gasteiger partial charge in [-0.15, -0.1) is 0 Å². The van der Waals surface area contributed by atoms with E-state index >= 15 is 0 Å². The van der Waals surface area contributed by atoms with Crippen molar-refractivity contribution in [1.82, 2.24) is 15.5 Å². The first kappa shape index (κ1) is 20.7. The minimum Gasteiger partial charge on any atom is -0.367 e. The van der Waals surface area contributed by atoms with Crippen LogP contribution < -0.4 is 5.32 Å². The first-order chi connectivity index (χ1) is 14.1. The van der Waals surface area contributed by atoms with E-state index < -0.39 is 0 Å². The van der Waals surface area contributed by atoms with Gasteiger partial charge in [-0.25, -0.2) is 0 Å². The molecule has 6 nitrogen and oxygen atoms in total. The molecular formula is C23H27N3O3. The van der Waals surface area contributed by atoms with E-state index in [1.165, 1.54) is 0 Å². The molecule has 0 spiro atoms. The molecule has 0 aliphatic rings. The second-order valence-electron chi connectivity index (χ2n) is 7.23. The van der Waals surface area contributed by atoms with E-state index in [0.29, 0.717) is 18.3 Å². The van der Waals surface area contributed by atoms with Gasteiger partial charge in [-0.2, -0.15) is 4.98 Å². The van der Waals surface area contributed by atoms with Crippen LogP contribution in [0.1, 0.15) is 43.3 Å². The monoisotopic (exact) mass is 393 g/mol. The summed E-state index contributed by atoms with van der Waals surface area (Å²) < 4.78 is 11.0. The van der Waals surface area contributed by atoms with Crippen LogP contribution in [-0.4, -0.2) is 22.7 Å². The van der Waals surface area contributed by atoms with Crippen molar-refractivity contribution in [2.45, 2.75) is 39.8 Å². The fourth-order valence-corrected chi connectivity index (χ4v) is 3.00. The smallest absolute Gasteiger partial charge is 0.249 e. The number of carbonyl (C=O) groups is 1. The fraction of sp³-hybridized carbons (Fsp3) is 0.348. The van der Waals surface area contributed by atoms with Crippen molar-refractivity contribution in [3.63, 3.8) is 0 Å². The minimum absolute atomic E-state index is 0.0271. The zero-order chi connectivity index (χ0) is 20.6. The molecule has 0 saturated carbocycles. The minimum atomic E-state index is -0.362. The SMILES string of the molecule is CC[C@H](C)[C@H](NC(=O)COCc1ccccc1)c1nc(-c2cccc(C)c2)no1. The standard InChI is InChI=1S/C23H27N3O3/c1-4-17(3)21(24-20(27)15-28-14-18-10-6-5-7-11-18)23-25-22(26-29-23)19-12-8-9-16(2)13-19/h5-13,17,21H,4,14-15H2,1-3H3,(H,24,27)/t17-,21-/m0/s1. The Kier molecular flexibility index (Phi) is 7.14. The Hall–Kier alpha value is -2.99. The molecule has 1 heterocycles. The topological polar surface area (TPSA) is 77.2 Å². The average molecular weight is 393 g/mol. The van der Waals surface area contributed by atoms with Crippen LogP contribution in [0, 0.1) is 12.8 Å². The molecule has 2 atom stereocenters. The highest BCUT2D eigenvalue weighted by atomic mass is 16.5. The zero-order valence-corrected chi connectivity index (χ0v) is 17.1. The molecule has 1 amide bonds. The van der Waals surface area contributed by atoms with Gasteiger partial charge in [0, 0.05) is 5.56 Å². The molecule has 0 unspecified atom stereocenters. The molecule has 29 heavy (non-hydrogen) atoms. The van der Waals surface area contributed by atoms with Crippen LogP contribution in [0.15, 0.2) is 59.1 Å². The number of nitrogens with one attached hydrogen (secondary N) is 1. The highest BCUT2D eigenvalue weighted by molar-refractivity contribution is 5.77. The summed E-state index contributed by atoms with van der Waals surface area (Å²) in [5, 5.41) is 7.09. The number of amides is 1. The van der Waals surface area contributed by atoms with Crippen molar-refractivity contribution in [3.8, 4) is 11.4 Å². The highest BCUT2D eigenvalue weighted by Gasteiger charge is 2.26. The number of nitrogens with zero attached hydrogens (tertiary/aromatic N) is 2. The maximum atomic E-state index is 12.4. The number of ether oxygens (including phenoxy) is 1. The van der Waals surface area contributed by atoms with E-state index in [1.54, 1.807) is 0 Å². The normalized spacial score (nSPS) is 13.1. The van der Waals surface area contributed by atoms with Gasteiger partial charge in [0.05, 0.1) is 6.61 Å². The summed E-state index contributed by atoms with van der Waals surface area (Å²) in [4.78, 5) is 17.0. The summed E-state index contributed by atoms with van der Waals surface area (Å²) in [7, 11) is 0. The third-order valence-electron chi connectivity index (χ3n) is 4.86. The Morgan fingerprint density at radius 1 is 1.17 bits per heavy atom. The Bertz CT molecular complexity index is 924. The summed E-state index contributed by atoms with van der Waals surface area (Å²) in [6, 6.07) is 17.3. The molecule has 0 fully saturated rings. The second kappa shape index (κ2) is 9.98. The van der Waals surface area contributed by atoms with E-state index in [0.717, 1.165) is 23.1 Å². The first-order valence-corrected chi connectivity index (χ1v) is 9.88. The van der Waals surface area contributed by atoms with Crippen LogP contribution in [0.2, 0.25) is 0 Å². The van der Waals surface area contributed by atoms with Crippen molar-refractivity contribution in [2.75, 3.05) is 6.61 Å². The van der Waals surface area contributed by atoms with Gasteiger partial charge in [-0.1, -0.05) is 79.5 Å². The summed E-state index contributed by atoms with van der Waals surface area (Å²) in [6.07, 6.45) is 0.859. The number of aryl methyl sites for hydroxylation is 1. The summed E-state index contributed by atoms with van der Waals surface area (Å²) in [6.45, 7) is 6.49. The Labute approximate surface area is 171 Å². The Morgan fingerprint density at radius 2 is 1.97 bits per heavy atom. The number of benzene rings is 2. The van der Waals surface area contributed by atoms with E-state index in [4.69, 9.17) is 9.26 Å². The van der Waals surface area contributed by atoms with E-state index in [1.807, 2.05) is 68.4 Å². The van der Waals surface area contributed by atoms with E-state index in [-0.39, 0.29) is 24.5 Å². The highest BCUT2D eigenvalue weighted by Crippen LogP contribution is 2.26. The van der Waals surface area contributed by atoms with Crippen molar-refractivity contribution in [2.24, 2.45) is 5.92 Å². The molecular weight excluding hydrogens is 366 g/mol. The lowest BCUT2D eigenvalue weighted by atomic mass is 9.99. The fourth-order valence-electron chi connectivity index (χ4n) is 3.00. The van der Waals surface area contributed by atoms with Crippen LogP contribution in [0.5, 0.6) is 0 Å². The van der Waals surface area contributed by atoms with Crippen LogP contribution in [0.3, 0.4) is 0 Å². The lowest BCUT2D eigenvalue weighted by molar-refractivity contribution is -0.127. The number of aromatic nitrogens is 2. The summed E-state index contributed by atoms with van der Waals surface area (Å²) >= 11 is 0. The van der Waals surface area contributed by atoms with Crippen LogP contribution in [0.4, 0.5) is 0 Å². The molecule has 0 aliphatic heterocycles. The van der Waals surface area contributed by atoms with Crippen molar-refractivity contribution < 1.29 is 14.1 Å². The third-order valence-corrected chi connectivity index (χ3v) is 4.86. The zero-order valence-electron chi connectivity index (χ0n) is 17.1. The van der Waals surface area contributed by atoms with E-state index in [9.17, 15) is 4.79 Å². The number of rotatable bonds is 9. The van der Waals surface area contributed by atoms with Crippen LogP contribution in [0.25, 0.3) is 11.4 Å². The molecule has 0 aliphatic carbocycles. The first-order valence-electron chi connectivity index (χ1n) is 9.88. The third kappa shape index (κ3) is 5.74. The van der Waals surface area contributed by atoms with Crippen LogP contribution in [-0.2, 0) is 16.1 Å². The second-order valence-corrected chi connectivity index (χ2v) is 7.23. The summed E-state index contributed by atoms with van der Waals surface area (Å²) in [5.74, 6) is 0.860. The molecule has 0 radical (unpaired) electrons. The molecule has 0 saturated heterocycles. The van der Waals surface area contributed by atoms with Gasteiger partial charge < -0.3 is 14.6 Å². The predicted octanol–water partition coefficient (Wildman–Crippen LogP) is 4.47. The van der Waals surface area contributed by atoms with Gasteiger partial charge in [-0.3, -0.25) is 4.79 Å². The molecule has 3 rings (SSSR count).